The highest BCUT2D eigenvalue weighted by atomic mass is 32.1. The highest BCUT2D eigenvalue weighted by Crippen LogP contribution is 2.16. The second-order valence-electron chi connectivity index (χ2n) is 1.86. The molecule has 10 heavy (non-hydrogen) atoms. The average Bonchev–Trinajstić information content (AvgIpc) is 2.34. The van der Waals surface area contributed by atoms with Crippen LogP contribution in [-0.4, -0.2) is 16.8 Å². The van der Waals surface area contributed by atoms with Gasteiger partial charge in [0.1, 0.15) is 12.5 Å². The third-order valence-electron chi connectivity index (χ3n) is 1.01. The van der Waals surface area contributed by atoms with Crippen LogP contribution in [-0.2, 0) is 11.2 Å². The van der Waals surface area contributed by atoms with Gasteiger partial charge in [-0.05, 0) is 6.66 Å². The number of nitrogens with zero attached hydrogens (tertiary/aromatic N) is 1. The molecular weight excluding hydrogens is 169 g/mol. The largest absolute Gasteiger partial charge is 0.390 e. The zero-order valence-electron chi connectivity index (χ0n) is 5.50. The van der Waals surface area contributed by atoms with Crippen LogP contribution >= 0.6 is 19.1 Å². The molecule has 0 radical (unpaired) electrons. The van der Waals surface area contributed by atoms with Crippen LogP contribution in [0.3, 0.4) is 0 Å². The van der Waals surface area contributed by atoms with Crippen molar-refractivity contribution in [1.82, 2.24) is 4.98 Å². The molecule has 0 spiro atoms. The smallest absolute Gasteiger partial charge is 0.150 e. The third kappa shape index (κ3) is 1.66. The van der Waals surface area contributed by atoms with Crippen LogP contribution in [0, 0.1) is 0 Å². The van der Waals surface area contributed by atoms with E-state index >= 15 is 0 Å². The molecule has 0 aromatic carbocycles. The monoisotopic (exact) mass is 177 g/mol. The minimum Gasteiger partial charge on any atom is -0.390 e. The van der Waals surface area contributed by atoms with Crippen molar-refractivity contribution in [3.05, 3.63) is 11.1 Å². The number of rotatable bonds is 2. The molecule has 1 N–H and O–H groups in total. The van der Waals surface area contributed by atoms with Crippen molar-refractivity contribution >= 4 is 23.9 Å². The molecule has 56 valence electrons. The second-order valence-corrected chi connectivity index (χ2v) is 4.66. The lowest BCUT2D eigenvalue weighted by atomic mass is 10.5. The van der Waals surface area contributed by atoms with E-state index in [1.807, 2.05) is 0 Å². The Hall–Kier alpha value is -0.180. The molecule has 0 saturated heterocycles. The minimum atomic E-state index is -1.65. The zero-order chi connectivity index (χ0) is 7.56. The molecule has 0 aliphatic carbocycles. The third-order valence-corrected chi connectivity index (χ3v) is 3.65. The Balaban J connectivity index is 2.88. The first kappa shape index (κ1) is 7.92. The maximum absolute atomic E-state index is 10.8. The molecule has 0 aliphatic rings. The van der Waals surface area contributed by atoms with Gasteiger partial charge in [-0.15, -0.1) is 11.3 Å². The average molecular weight is 177 g/mol. The van der Waals surface area contributed by atoms with Gasteiger partial charge in [-0.2, -0.15) is 0 Å². The standard InChI is InChI=1S/C5H8NO2PS/c1-9(8)5-6-4(2-7)3-10-5/h3,7,9H,2H2,1H3. The van der Waals surface area contributed by atoms with E-state index < -0.39 is 7.80 Å². The predicted octanol–water partition coefficient (Wildman–Crippen LogP) is 0.450. The molecule has 0 aliphatic heterocycles. The van der Waals surface area contributed by atoms with Crippen LogP contribution in [0.1, 0.15) is 5.69 Å². The fraction of sp³-hybridized carbons (Fsp3) is 0.400. The molecule has 0 fully saturated rings. The lowest BCUT2D eigenvalue weighted by Gasteiger charge is -1.84. The van der Waals surface area contributed by atoms with Crippen LogP contribution in [0.2, 0.25) is 0 Å². The summed E-state index contributed by atoms with van der Waals surface area (Å²) >= 11 is 1.34. The molecule has 0 amide bonds. The topological polar surface area (TPSA) is 50.2 Å². The van der Waals surface area contributed by atoms with Gasteiger partial charge in [0, 0.05) is 5.38 Å². The lowest BCUT2D eigenvalue weighted by Crippen LogP contribution is -1.94. The van der Waals surface area contributed by atoms with E-state index in [0.717, 1.165) is 0 Å². The van der Waals surface area contributed by atoms with E-state index in [9.17, 15) is 4.57 Å². The highest BCUT2D eigenvalue weighted by Gasteiger charge is 2.02. The summed E-state index contributed by atoms with van der Waals surface area (Å²) in [7, 11) is -1.65. The first-order valence-electron chi connectivity index (χ1n) is 2.80. The Morgan fingerprint density at radius 3 is 2.90 bits per heavy atom. The summed E-state index contributed by atoms with van der Waals surface area (Å²) in [6, 6.07) is 0. The van der Waals surface area contributed by atoms with Gasteiger partial charge in [-0.3, -0.25) is 0 Å². The second kappa shape index (κ2) is 3.28. The summed E-state index contributed by atoms with van der Waals surface area (Å²) in [6.45, 7) is 1.58. The minimum absolute atomic E-state index is 0.0638. The molecule has 1 heterocycles. The van der Waals surface area contributed by atoms with Gasteiger partial charge in [-0.25, -0.2) is 4.98 Å². The van der Waals surface area contributed by atoms with Gasteiger partial charge in [-0.1, -0.05) is 0 Å². The van der Waals surface area contributed by atoms with Gasteiger partial charge in [0.25, 0.3) is 0 Å². The Morgan fingerprint density at radius 1 is 1.90 bits per heavy atom. The molecule has 1 atom stereocenters. The van der Waals surface area contributed by atoms with Gasteiger partial charge in [0.2, 0.25) is 0 Å². The first-order chi connectivity index (χ1) is 4.74. The van der Waals surface area contributed by atoms with Crippen molar-refractivity contribution in [1.29, 1.82) is 0 Å². The number of aromatic nitrogens is 1. The van der Waals surface area contributed by atoms with E-state index in [-0.39, 0.29) is 6.61 Å². The van der Waals surface area contributed by atoms with Gasteiger partial charge in [0.05, 0.1) is 12.3 Å². The summed E-state index contributed by atoms with van der Waals surface area (Å²) in [5.41, 5.74) is 0.611. The van der Waals surface area contributed by atoms with Crippen LogP contribution in [0.25, 0.3) is 0 Å². The van der Waals surface area contributed by atoms with Crippen molar-refractivity contribution in [3.63, 3.8) is 0 Å². The summed E-state index contributed by atoms with van der Waals surface area (Å²) in [5, 5.41) is 10.3. The van der Waals surface area contributed by atoms with Gasteiger partial charge < -0.3 is 9.67 Å². The number of hydrogen-bond donors (Lipinski definition) is 1. The maximum atomic E-state index is 10.8. The van der Waals surface area contributed by atoms with Gasteiger partial charge >= 0.3 is 0 Å². The molecular formula is C5H8NO2PS. The molecule has 1 unspecified atom stereocenters. The van der Waals surface area contributed by atoms with Crippen LogP contribution in [0.4, 0.5) is 0 Å². The van der Waals surface area contributed by atoms with Crippen molar-refractivity contribution in [2.75, 3.05) is 6.66 Å². The quantitative estimate of drug-likeness (QED) is 0.667. The maximum Gasteiger partial charge on any atom is 0.150 e. The Kier molecular flexibility index (Phi) is 2.60. The van der Waals surface area contributed by atoms with E-state index in [0.29, 0.717) is 10.4 Å². The molecule has 0 bridgehead atoms. The lowest BCUT2D eigenvalue weighted by molar-refractivity contribution is 0.278. The first-order valence-corrected chi connectivity index (χ1v) is 5.59. The molecule has 5 heteroatoms. The SMILES string of the molecule is C[PH](=O)c1nc(CO)cs1. The molecule has 1 aromatic rings. The number of aliphatic hydroxyl groups excluding tert-OH is 1. The zero-order valence-corrected chi connectivity index (χ0v) is 7.31. The van der Waals surface area contributed by atoms with E-state index in [4.69, 9.17) is 5.11 Å². The van der Waals surface area contributed by atoms with Crippen molar-refractivity contribution < 1.29 is 9.67 Å². The van der Waals surface area contributed by atoms with E-state index in [1.54, 1.807) is 12.0 Å². The summed E-state index contributed by atoms with van der Waals surface area (Å²) in [6.07, 6.45) is 0. The van der Waals surface area contributed by atoms with Crippen molar-refractivity contribution in [2.24, 2.45) is 0 Å². The highest BCUT2D eigenvalue weighted by molar-refractivity contribution is 7.60. The molecule has 1 aromatic heterocycles. The Bertz CT molecular complexity index is 248. The fourth-order valence-electron chi connectivity index (χ4n) is 0.541. The van der Waals surface area contributed by atoms with Gasteiger partial charge in [0.15, 0.2) is 0 Å². The van der Waals surface area contributed by atoms with E-state index in [2.05, 4.69) is 4.98 Å². The molecule has 0 saturated carbocycles. The van der Waals surface area contributed by atoms with Crippen LogP contribution in [0.15, 0.2) is 5.38 Å². The summed E-state index contributed by atoms with van der Waals surface area (Å²) in [4.78, 5) is 3.93. The van der Waals surface area contributed by atoms with Crippen molar-refractivity contribution in [3.8, 4) is 0 Å². The normalized spacial score (nSPS) is 13.4. The molecule has 1 rings (SSSR count). The molecule has 3 nitrogen and oxygen atoms in total. The Labute approximate surface area is 63.5 Å². The predicted molar refractivity (Wildman–Crippen MR) is 42.6 cm³/mol. The number of aliphatic hydroxyl groups is 1. The van der Waals surface area contributed by atoms with Crippen molar-refractivity contribution in [2.45, 2.75) is 6.61 Å². The number of thiazole rings is 1. The Morgan fingerprint density at radius 2 is 2.60 bits per heavy atom. The fourth-order valence-corrected chi connectivity index (χ4v) is 2.23. The van der Waals surface area contributed by atoms with Crippen LogP contribution in [0.5, 0.6) is 0 Å². The number of hydrogen-bond acceptors (Lipinski definition) is 4. The van der Waals surface area contributed by atoms with E-state index in [1.165, 1.54) is 11.3 Å². The summed E-state index contributed by atoms with van der Waals surface area (Å²) in [5.74, 6) is 0. The summed E-state index contributed by atoms with van der Waals surface area (Å²) < 4.78 is 11.5. The van der Waals surface area contributed by atoms with Crippen LogP contribution < -0.4 is 4.75 Å².